The Bertz CT molecular complexity index is 303. The van der Waals surface area contributed by atoms with Gasteiger partial charge in [0.15, 0.2) is 0 Å². The maximum atomic E-state index is 12.2. The van der Waals surface area contributed by atoms with Crippen molar-refractivity contribution in [2.45, 2.75) is 63.5 Å². The largest absolute Gasteiger partial charge is 0.468 e. The Labute approximate surface area is 116 Å². The Hall–Kier alpha value is -0.610. The summed E-state index contributed by atoms with van der Waals surface area (Å²) in [4.78, 5) is 14.8. The second-order valence-corrected chi connectivity index (χ2v) is 5.99. The van der Waals surface area contributed by atoms with E-state index in [1.54, 1.807) is 0 Å². The van der Waals surface area contributed by atoms with E-state index in [1.807, 2.05) is 0 Å². The van der Waals surface area contributed by atoms with Gasteiger partial charge in [-0.3, -0.25) is 4.79 Å². The molecule has 2 rings (SSSR count). The van der Waals surface area contributed by atoms with Gasteiger partial charge in [0.05, 0.1) is 7.11 Å². The van der Waals surface area contributed by atoms with Crippen molar-refractivity contribution in [3.8, 4) is 0 Å². The third-order valence-corrected chi connectivity index (χ3v) is 4.68. The summed E-state index contributed by atoms with van der Waals surface area (Å²) in [5.41, 5.74) is -0.424. The van der Waals surface area contributed by atoms with E-state index in [0.717, 1.165) is 32.2 Å². The summed E-state index contributed by atoms with van der Waals surface area (Å²) in [6, 6.07) is 0.559. The van der Waals surface area contributed by atoms with Gasteiger partial charge in [-0.25, -0.2) is 0 Å². The van der Waals surface area contributed by atoms with Crippen molar-refractivity contribution >= 4 is 5.97 Å². The molecule has 1 heterocycles. The number of piperidine rings is 1. The lowest BCUT2D eigenvalue weighted by Crippen LogP contribution is -2.52. The first-order valence-electron chi connectivity index (χ1n) is 7.79. The molecule has 1 saturated heterocycles. The molecule has 2 aliphatic rings. The average molecular weight is 268 g/mol. The topological polar surface area (TPSA) is 41.6 Å². The molecule has 0 aromatic carbocycles. The Kier molecular flexibility index (Phi) is 5.22. The predicted molar refractivity (Wildman–Crippen MR) is 76.1 cm³/mol. The monoisotopic (exact) mass is 268 g/mol. The van der Waals surface area contributed by atoms with Crippen LogP contribution in [0.25, 0.3) is 0 Å². The molecular formula is C15H28N2O2. The summed E-state index contributed by atoms with van der Waals surface area (Å²) in [6.45, 7) is 5.43. The van der Waals surface area contributed by atoms with Gasteiger partial charge in [-0.05, 0) is 58.2 Å². The number of rotatable bonds is 5. The lowest BCUT2D eigenvalue weighted by atomic mass is 9.96. The van der Waals surface area contributed by atoms with Gasteiger partial charge < -0.3 is 15.0 Å². The Morgan fingerprint density at radius 1 is 1.37 bits per heavy atom. The predicted octanol–water partition coefficient (Wildman–Crippen LogP) is 1.94. The van der Waals surface area contributed by atoms with E-state index < -0.39 is 5.54 Å². The highest BCUT2D eigenvalue weighted by Crippen LogP contribution is 2.35. The number of esters is 1. The van der Waals surface area contributed by atoms with Crippen molar-refractivity contribution in [2.75, 3.05) is 26.7 Å². The highest BCUT2D eigenvalue weighted by atomic mass is 16.5. The molecule has 1 aliphatic heterocycles. The van der Waals surface area contributed by atoms with Crippen LogP contribution in [0.15, 0.2) is 0 Å². The zero-order chi connectivity index (χ0) is 13.7. The molecule has 4 heteroatoms. The number of nitrogens with one attached hydrogen (secondary N) is 1. The molecule has 0 aromatic heterocycles. The van der Waals surface area contributed by atoms with E-state index in [0.29, 0.717) is 6.04 Å². The number of hydrogen-bond donors (Lipinski definition) is 1. The molecule has 0 radical (unpaired) electrons. The van der Waals surface area contributed by atoms with Crippen LogP contribution in [0.2, 0.25) is 0 Å². The van der Waals surface area contributed by atoms with Crippen LogP contribution in [-0.2, 0) is 9.53 Å². The lowest BCUT2D eigenvalue weighted by Gasteiger charge is -2.34. The summed E-state index contributed by atoms with van der Waals surface area (Å²) in [5.74, 6) is -0.0690. The van der Waals surface area contributed by atoms with Crippen molar-refractivity contribution in [3.63, 3.8) is 0 Å². The van der Waals surface area contributed by atoms with Gasteiger partial charge in [-0.1, -0.05) is 13.3 Å². The minimum absolute atomic E-state index is 0.0690. The molecule has 19 heavy (non-hydrogen) atoms. The molecular weight excluding hydrogens is 240 g/mol. The molecule has 110 valence electrons. The normalized spacial score (nSPS) is 32.4. The zero-order valence-corrected chi connectivity index (χ0v) is 12.4. The molecule has 2 atom stereocenters. The smallest absolute Gasteiger partial charge is 0.326 e. The summed E-state index contributed by atoms with van der Waals surface area (Å²) >= 11 is 0. The van der Waals surface area contributed by atoms with E-state index >= 15 is 0 Å². The third kappa shape index (κ3) is 3.29. The standard InChI is InChI=1S/C15H28N2O2/c1-3-9-16-15(14(18)19-2)8-7-13(12-15)17-10-5-4-6-11-17/h13,16H,3-12H2,1-2H3. The first kappa shape index (κ1) is 14.8. The molecule has 0 spiro atoms. The lowest BCUT2D eigenvalue weighted by molar-refractivity contribution is -0.148. The number of hydrogen-bond acceptors (Lipinski definition) is 4. The van der Waals surface area contributed by atoms with Gasteiger partial charge in [0, 0.05) is 6.04 Å². The van der Waals surface area contributed by atoms with Crippen LogP contribution in [0, 0.1) is 0 Å². The van der Waals surface area contributed by atoms with Crippen LogP contribution < -0.4 is 5.32 Å². The van der Waals surface area contributed by atoms with Crippen molar-refractivity contribution in [3.05, 3.63) is 0 Å². The number of likely N-dealkylation sites (tertiary alicyclic amines) is 1. The van der Waals surface area contributed by atoms with Crippen LogP contribution in [0.5, 0.6) is 0 Å². The molecule has 0 aromatic rings. The molecule has 1 saturated carbocycles. The molecule has 2 unspecified atom stereocenters. The number of ether oxygens (including phenoxy) is 1. The SMILES string of the molecule is CCCNC1(C(=O)OC)CCC(N2CCCCC2)C1. The van der Waals surface area contributed by atoms with Gasteiger partial charge in [0.2, 0.25) is 0 Å². The van der Waals surface area contributed by atoms with Gasteiger partial charge >= 0.3 is 5.97 Å². The zero-order valence-electron chi connectivity index (χ0n) is 12.4. The number of carbonyl (C=O) groups is 1. The van der Waals surface area contributed by atoms with Crippen LogP contribution in [-0.4, -0.2) is 49.2 Å². The summed E-state index contributed by atoms with van der Waals surface area (Å²) in [7, 11) is 1.51. The first-order valence-corrected chi connectivity index (χ1v) is 7.79. The Morgan fingerprint density at radius 2 is 2.11 bits per heavy atom. The molecule has 2 fully saturated rings. The van der Waals surface area contributed by atoms with Crippen molar-refractivity contribution < 1.29 is 9.53 Å². The van der Waals surface area contributed by atoms with Crippen LogP contribution in [0.3, 0.4) is 0 Å². The van der Waals surface area contributed by atoms with Gasteiger partial charge in [0.25, 0.3) is 0 Å². The highest BCUT2D eigenvalue weighted by molar-refractivity contribution is 5.81. The number of carbonyl (C=O) groups excluding carboxylic acids is 1. The quantitative estimate of drug-likeness (QED) is 0.774. The van der Waals surface area contributed by atoms with E-state index in [4.69, 9.17) is 4.74 Å². The van der Waals surface area contributed by atoms with E-state index in [2.05, 4.69) is 17.1 Å². The summed E-state index contributed by atoms with van der Waals surface area (Å²) in [6.07, 6.45) is 7.98. The maximum Gasteiger partial charge on any atom is 0.326 e. The van der Waals surface area contributed by atoms with Crippen molar-refractivity contribution in [2.24, 2.45) is 0 Å². The molecule has 1 aliphatic carbocycles. The van der Waals surface area contributed by atoms with Crippen LogP contribution >= 0.6 is 0 Å². The minimum Gasteiger partial charge on any atom is -0.468 e. The fourth-order valence-electron chi connectivity index (χ4n) is 3.59. The van der Waals surface area contributed by atoms with Crippen LogP contribution in [0.4, 0.5) is 0 Å². The minimum atomic E-state index is -0.424. The maximum absolute atomic E-state index is 12.2. The first-order chi connectivity index (χ1) is 9.22. The molecule has 4 nitrogen and oxygen atoms in total. The molecule has 0 bridgehead atoms. The van der Waals surface area contributed by atoms with Crippen molar-refractivity contribution in [1.82, 2.24) is 10.2 Å². The molecule has 0 amide bonds. The fraction of sp³-hybridized carbons (Fsp3) is 0.933. The van der Waals surface area contributed by atoms with Crippen LogP contribution in [0.1, 0.15) is 51.9 Å². The second-order valence-electron chi connectivity index (χ2n) is 5.99. The third-order valence-electron chi connectivity index (χ3n) is 4.68. The Morgan fingerprint density at radius 3 is 2.74 bits per heavy atom. The highest BCUT2D eigenvalue weighted by Gasteiger charge is 2.47. The Balaban J connectivity index is 1.99. The summed E-state index contributed by atoms with van der Waals surface area (Å²) < 4.78 is 5.05. The van der Waals surface area contributed by atoms with E-state index in [1.165, 1.54) is 39.5 Å². The summed E-state index contributed by atoms with van der Waals surface area (Å²) in [5, 5.41) is 3.46. The number of nitrogens with zero attached hydrogens (tertiary/aromatic N) is 1. The van der Waals surface area contributed by atoms with Crippen molar-refractivity contribution in [1.29, 1.82) is 0 Å². The fourth-order valence-corrected chi connectivity index (χ4v) is 3.59. The molecule has 1 N–H and O–H groups in total. The van der Waals surface area contributed by atoms with Gasteiger partial charge in [-0.2, -0.15) is 0 Å². The van der Waals surface area contributed by atoms with E-state index in [9.17, 15) is 4.79 Å². The average Bonchev–Trinajstić information content (AvgIpc) is 2.91. The van der Waals surface area contributed by atoms with Gasteiger partial charge in [0.1, 0.15) is 5.54 Å². The number of methoxy groups -OCH3 is 1. The van der Waals surface area contributed by atoms with E-state index in [-0.39, 0.29) is 5.97 Å². The van der Waals surface area contributed by atoms with Gasteiger partial charge in [-0.15, -0.1) is 0 Å². The second kappa shape index (κ2) is 6.71.